The molecule has 0 aliphatic heterocycles. The van der Waals surface area contributed by atoms with Gasteiger partial charge in [-0.25, -0.2) is 9.37 Å². The average Bonchev–Trinajstić information content (AvgIpc) is 2.87. The van der Waals surface area contributed by atoms with E-state index in [1.54, 1.807) is 0 Å². The molecule has 0 fully saturated rings. The van der Waals surface area contributed by atoms with Crippen molar-refractivity contribution in [3.8, 4) is 0 Å². The number of fused-ring (bicyclic) bond motifs is 1. The number of carbonyl (C=O) groups excluding carboxylic acids is 1. The molecule has 6 heteroatoms. The molecule has 1 N–H and O–H groups in total. The third-order valence-electron chi connectivity index (χ3n) is 3.26. The second-order valence-electron chi connectivity index (χ2n) is 4.75. The van der Waals surface area contributed by atoms with Gasteiger partial charge in [-0.3, -0.25) is 10.1 Å². The maximum Gasteiger partial charge on any atom is 0.258 e. The van der Waals surface area contributed by atoms with Crippen molar-refractivity contribution in [2.45, 2.75) is 13.3 Å². The van der Waals surface area contributed by atoms with Gasteiger partial charge in [0.2, 0.25) is 0 Å². The Morgan fingerprint density at radius 1 is 1.32 bits per heavy atom. The Kier molecular flexibility index (Phi) is 4.09. The highest BCUT2D eigenvalue weighted by Crippen LogP contribution is 2.28. The van der Waals surface area contributed by atoms with Crippen LogP contribution in [-0.4, -0.2) is 10.9 Å². The molecule has 3 aromatic rings. The van der Waals surface area contributed by atoms with Crippen molar-refractivity contribution in [1.82, 2.24) is 4.98 Å². The summed E-state index contributed by atoms with van der Waals surface area (Å²) in [5.74, 6) is -0.881. The summed E-state index contributed by atoms with van der Waals surface area (Å²) < 4.78 is 14.0. The highest BCUT2D eigenvalue weighted by Gasteiger charge is 2.13. The van der Waals surface area contributed by atoms with E-state index in [2.05, 4.69) is 23.3 Å². The standard InChI is InChI=1S/C16H12ClFN2OS/c1-2-9-3-6-13-14(7-9)22-16(19-13)20-15(21)11-5-4-10(18)8-12(11)17/h3-8H,2H2,1H3,(H,19,20,21). The number of hydrogen-bond acceptors (Lipinski definition) is 3. The first-order chi connectivity index (χ1) is 10.6. The van der Waals surface area contributed by atoms with Crippen LogP contribution in [0.1, 0.15) is 22.8 Å². The van der Waals surface area contributed by atoms with Crippen molar-refractivity contribution >= 4 is 44.2 Å². The summed E-state index contributed by atoms with van der Waals surface area (Å²) in [6, 6.07) is 9.69. The molecule has 22 heavy (non-hydrogen) atoms. The lowest BCUT2D eigenvalue weighted by Gasteiger charge is -2.03. The van der Waals surface area contributed by atoms with E-state index < -0.39 is 11.7 Å². The topological polar surface area (TPSA) is 42.0 Å². The van der Waals surface area contributed by atoms with Crippen molar-refractivity contribution in [1.29, 1.82) is 0 Å². The Bertz CT molecular complexity index is 862. The third kappa shape index (κ3) is 2.96. The van der Waals surface area contributed by atoms with E-state index in [1.165, 1.54) is 29.0 Å². The van der Waals surface area contributed by atoms with Gasteiger partial charge in [0, 0.05) is 0 Å². The van der Waals surface area contributed by atoms with Crippen molar-refractivity contribution in [2.24, 2.45) is 0 Å². The van der Waals surface area contributed by atoms with Gasteiger partial charge in [0.25, 0.3) is 5.91 Å². The number of amides is 1. The molecule has 0 radical (unpaired) electrons. The van der Waals surface area contributed by atoms with E-state index in [0.717, 1.165) is 22.7 Å². The van der Waals surface area contributed by atoms with Crippen LogP contribution in [0.3, 0.4) is 0 Å². The van der Waals surface area contributed by atoms with Crippen LogP contribution in [0.2, 0.25) is 5.02 Å². The number of carbonyl (C=O) groups is 1. The van der Waals surface area contributed by atoms with E-state index in [-0.39, 0.29) is 10.6 Å². The van der Waals surface area contributed by atoms with Crippen LogP contribution < -0.4 is 5.32 Å². The minimum absolute atomic E-state index is 0.0758. The van der Waals surface area contributed by atoms with E-state index in [1.807, 2.05) is 12.1 Å². The molecule has 112 valence electrons. The molecule has 1 heterocycles. The van der Waals surface area contributed by atoms with Crippen molar-refractivity contribution in [2.75, 3.05) is 5.32 Å². The van der Waals surface area contributed by atoms with E-state index >= 15 is 0 Å². The van der Waals surface area contributed by atoms with Crippen LogP contribution in [0.4, 0.5) is 9.52 Å². The number of aryl methyl sites for hydroxylation is 1. The van der Waals surface area contributed by atoms with Gasteiger partial charge in [-0.15, -0.1) is 0 Å². The number of hydrogen-bond donors (Lipinski definition) is 1. The Morgan fingerprint density at radius 3 is 2.86 bits per heavy atom. The summed E-state index contributed by atoms with van der Waals surface area (Å²) in [5.41, 5.74) is 2.27. The second-order valence-corrected chi connectivity index (χ2v) is 6.19. The second kappa shape index (κ2) is 6.02. The predicted octanol–water partition coefficient (Wildman–Crippen LogP) is 4.90. The summed E-state index contributed by atoms with van der Waals surface area (Å²) in [6.07, 6.45) is 0.945. The maximum absolute atomic E-state index is 13.0. The molecule has 0 bridgehead atoms. The molecular weight excluding hydrogens is 323 g/mol. The number of benzene rings is 2. The quantitative estimate of drug-likeness (QED) is 0.740. The van der Waals surface area contributed by atoms with Gasteiger partial charge in [-0.2, -0.15) is 0 Å². The monoisotopic (exact) mass is 334 g/mol. The zero-order chi connectivity index (χ0) is 15.7. The van der Waals surface area contributed by atoms with Crippen molar-refractivity contribution in [3.05, 3.63) is 58.4 Å². The minimum atomic E-state index is -0.478. The Hall–Kier alpha value is -1.98. The number of anilines is 1. The summed E-state index contributed by atoms with van der Waals surface area (Å²) in [5, 5.41) is 3.28. The lowest BCUT2D eigenvalue weighted by molar-refractivity contribution is 0.102. The summed E-state index contributed by atoms with van der Waals surface area (Å²) in [4.78, 5) is 16.6. The zero-order valence-corrected chi connectivity index (χ0v) is 13.3. The smallest absolute Gasteiger partial charge is 0.258 e. The van der Waals surface area contributed by atoms with Crippen molar-refractivity contribution < 1.29 is 9.18 Å². The van der Waals surface area contributed by atoms with Gasteiger partial charge in [0.15, 0.2) is 5.13 Å². The fourth-order valence-corrected chi connectivity index (χ4v) is 3.26. The van der Waals surface area contributed by atoms with Gasteiger partial charge in [-0.1, -0.05) is 35.9 Å². The number of nitrogens with one attached hydrogen (secondary N) is 1. The molecule has 0 saturated heterocycles. The molecule has 0 spiro atoms. The third-order valence-corrected chi connectivity index (χ3v) is 4.50. The number of nitrogens with zero attached hydrogens (tertiary/aromatic N) is 1. The minimum Gasteiger partial charge on any atom is -0.298 e. The maximum atomic E-state index is 13.0. The van der Waals surface area contributed by atoms with Gasteiger partial charge in [0.05, 0.1) is 20.8 Å². The number of thiazole rings is 1. The fourth-order valence-electron chi connectivity index (χ4n) is 2.08. The first-order valence-electron chi connectivity index (χ1n) is 6.72. The van der Waals surface area contributed by atoms with Crippen LogP contribution in [-0.2, 0) is 6.42 Å². The zero-order valence-electron chi connectivity index (χ0n) is 11.7. The fraction of sp³-hybridized carbons (Fsp3) is 0.125. The lowest BCUT2D eigenvalue weighted by atomic mass is 10.2. The van der Waals surface area contributed by atoms with Gasteiger partial charge in [-0.05, 0) is 42.3 Å². The SMILES string of the molecule is CCc1ccc2nc(NC(=O)c3ccc(F)cc3Cl)sc2c1. The molecular formula is C16H12ClFN2OS. The summed E-state index contributed by atoms with van der Waals surface area (Å²) in [6.45, 7) is 2.08. The molecule has 1 amide bonds. The normalized spacial score (nSPS) is 10.9. The van der Waals surface area contributed by atoms with Gasteiger partial charge >= 0.3 is 0 Å². The molecule has 1 aromatic heterocycles. The highest BCUT2D eigenvalue weighted by molar-refractivity contribution is 7.22. The summed E-state index contributed by atoms with van der Waals surface area (Å²) >= 11 is 7.29. The number of rotatable bonds is 3. The molecule has 0 unspecified atom stereocenters. The first kappa shape index (κ1) is 14.9. The largest absolute Gasteiger partial charge is 0.298 e. The van der Waals surface area contributed by atoms with Crippen LogP contribution in [0.25, 0.3) is 10.2 Å². The molecule has 3 nitrogen and oxygen atoms in total. The van der Waals surface area contributed by atoms with Crippen LogP contribution in [0.15, 0.2) is 36.4 Å². The molecule has 0 aliphatic carbocycles. The van der Waals surface area contributed by atoms with E-state index in [4.69, 9.17) is 11.6 Å². The lowest BCUT2D eigenvalue weighted by Crippen LogP contribution is -2.12. The molecule has 2 aromatic carbocycles. The van der Waals surface area contributed by atoms with Crippen LogP contribution in [0.5, 0.6) is 0 Å². The first-order valence-corrected chi connectivity index (χ1v) is 7.92. The Morgan fingerprint density at radius 2 is 2.14 bits per heavy atom. The Labute approximate surface area is 135 Å². The van der Waals surface area contributed by atoms with Crippen molar-refractivity contribution in [3.63, 3.8) is 0 Å². The van der Waals surface area contributed by atoms with Gasteiger partial charge in [0.1, 0.15) is 5.82 Å². The summed E-state index contributed by atoms with van der Waals surface area (Å²) in [7, 11) is 0. The molecule has 0 aliphatic rings. The molecule has 0 saturated carbocycles. The van der Waals surface area contributed by atoms with Crippen LogP contribution >= 0.6 is 22.9 Å². The molecule has 0 atom stereocenters. The van der Waals surface area contributed by atoms with Crippen LogP contribution in [0, 0.1) is 5.82 Å². The van der Waals surface area contributed by atoms with E-state index in [0.29, 0.717) is 5.13 Å². The van der Waals surface area contributed by atoms with Gasteiger partial charge < -0.3 is 0 Å². The van der Waals surface area contributed by atoms with E-state index in [9.17, 15) is 9.18 Å². The number of aromatic nitrogens is 1. The predicted molar refractivity (Wildman–Crippen MR) is 88.4 cm³/mol. The molecule has 3 rings (SSSR count). The number of halogens is 2. The Balaban J connectivity index is 1.87. The average molecular weight is 335 g/mol. The highest BCUT2D eigenvalue weighted by atomic mass is 35.5.